The van der Waals surface area contributed by atoms with Gasteiger partial charge in [0, 0.05) is 36.5 Å². The molecule has 6 heteroatoms. The van der Waals surface area contributed by atoms with Crippen molar-refractivity contribution in [2.45, 2.75) is 46.5 Å². The van der Waals surface area contributed by atoms with Gasteiger partial charge in [0.2, 0.25) is 5.95 Å². The van der Waals surface area contributed by atoms with Crippen LogP contribution in [0.2, 0.25) is 0 Å². The first-order valence-electron chi connectivity index (χ1n) is 8.08. The molecule has 3 rings (SSSR count). The molecule has 3 heterocycles. The smallest absolute Gasteiger partial charge is 0.251 e. The fourth-order valence-electron chi connectivity index (χ4n) is 3.08. The van der Waals surface area contributed by atoms with Crippen molar-refractivity contribution in [3.63, 3.8) is 0 Å². The molecule has 1 aliphatic rings. The van der Waals surface area contributed by atoms with Crippen LogP contribution in [0.5, 0.6) is 0 Å². The summed E-state index contributed by atoms with van der Waals surface area (Å²) in [5, 5.41) is 0. The predicted molar refractivity (Wildman–Crippen MR) is 90.0 cm³/mol. The number of aromatic nitrogens is 4. The zero-order valence-electron chi connectivity index (χ0n) is 14.2. The van der Waals surface area contributed by atoms with Crippen LogP contribution in [0.4, 0.5) is 5.95 Å². The lowest BCUT2D eigenvalue weighted by molar-refractivity contribution is 0.488. The summed E-state index contributed by atoms with van der Waals surface area (Å²) >= 11 is 0. The Balaban J connectivity index is 1.74. The molecule has 122 valence electrons. The predicted octanol–water partition coefficient (Wildman–Crippen LogP) is 2.18. The van der Waals surface area contributed by atoms with E-state index in [4.69, 9.17) is 0 Å². The minimum atomic E-state index is -0.0666. The molecule has 0 bridgehead atoms. The molecule has 0 unspecified atom stereocenters. The maximum atomic E-state index is 11.6. The second kappa shape index (κ2) is 6.10. The Morgan fingerprint density at radius 3 is 2.22 bits per heavy atom. The summed E-state index contributed by atoms with van der Waals surface area (Å²) in [6.45, 7) is 9.72. The molecular weight excluding hydrogens is 290 g/mol. The molecule has 23 heavy (non-hydrogen) atoms. The van der Waals surface area contributed by atoms with Gasteiger partial charge in [-0.05, 0) is 46.1 Å². The van der Waals surface area contributed by atoms with Crippen molar-refractivity contribution in [2.75, 3.05) is 18.0 Å². The number of rotatable bonds is 2. The topological polar surface area (TPSA) is 74.8 Å². The van der Waals surface area contributed by atoms with Gasteiger partial charge in [0.1, 0.15) is 5.82 Å². The molecular formula is C17H23N5O. The number of anilines is 1. The number of hydrogen-bond acceptors (Lipinski definition) is 5. The number of aryl methyl sites for hydroxylation is 3. The summed E-state index contributed by atoms with van der Waals surface area (Å²) in [7, 11) is 0. The van der Waals surface area contributed by atoms with Crippen LogP contribution >= 0.6 is 0 Å². The van der Waals surface area contributed by atoms with Crippen LogP contribution in [0.15, 0.2) is 10.9 Å². The highest BCUT2D eigenvalue weighted by Crippen LogP contribution is 2.28. The monoisotopic (exact) mass is 313 g/mol. The van der Waals surface area contributed by atoms with Gasteiger partial charge in [0.05, 0.1) is 5.69 Å². The third kappa shape index (κ3) is 3.25. The zero-order valence-corrected chi connectivity index (χ0v) is 14.2. The van der Waals surface area contributed by atoms with E-state index in [1.807, 2.05) is 20.8 Å². The fourth-order valence-corrected chi connectivity index (χ4v) is 3.08. The van der Waals surface area contributed by atoms with Gasteiger partial charge in [-0.15, -0.1) is 0 Å². The highest BCUT2D eigenvalue weighted by Gasteiger charge is 2.24. The Kier molecular flexibility index (Phi) is 4.15. The van der Waals surface area contributed by atoms with E-state index >= 15 is 0 Å². The van der Waals surface area contributed by atoms with Gasteiger partial charge in [-0.1, -0.05) is 0 Å². The first-order chi connectivity index (χ1) is 10.9. The van der Waals surface area contributed by atoms with Gasteiger partial charge in [0.15, 0.2) is 0 Å². The molecule has 1 fully saturated rings. The third-order valence-electron chi connectivity index (χ3n) is 4.70. The van der Waals surface area contributed by atoms with Gasteiger partial charge in [0.25, 0.3) is 5.56 Å². The Morgan fingerprint density at radius 2 is 1.65 bits per heavy atom. The standard InChI is InChI=1S/C17H23N5O/c1-10-11(2)18-17(19-12(10)3)22-7-5-14(6-8-22)15-9-16(23)21-13(4)20-15/h9,14H,5-8H2,1-4H3,(H,20,21,23). The second-order valence-corrected chi connectivity index (χ2v) is 6.34. The summed E-state index contributed by atoms with van der Waals surface area (Å²) in [5.74, 6) is 1.84. The van der Waals surface area contributed by atoms with Crippen LogP contribution in [-0.4, -0.2) is 33.0 Å². The van der Waals surface area contributed by atoms with Crippen LogP contribution < -0.4 is 10.5 Å². The Bertz CT molecular complexity index is 752. The van der Waals surface area contributed by atoms with Crippen LogP contribution in [0.1, 0.15) is 47.2 Å². The Morgan fingerprint density at radius 1 is 1.04 bits per heavy atom. The van der Waals surface area contributed by atoms with Gasteiger partial charge in [-0.3, -0.25) is 4.79 Å². The van der Waals surface area contributed by atoms with Crippen LogP contribution in [0.3, 0.4) is 0 Å². The van der Waals surface area contributed by atoms with Crippen molar-refractivity contribution in [3.8, 4) is 0 Å². The molecule has 2 aromatic rings. The summed E-state index contributed by atoms with van der Waals surface area (Å²) in [6.07, 6.45) is 1.93. The molecule has 1 saturated heterocycles. The number of H-pyrrole nitrogens is 1. The largest absolute Gasteiger partial charge is 0.341 e. The van der Waals surface area contributed by atoms with Gasteiger partial charge >= 0.3 is 0 Å². The fraction of sp³-hybridized carbons (Fsp3) is 0.529. The van der Waals surface area contributed by atoms with Crippen molar-refractivity contribution in [1.29, 1.82) is 0 Å². The quantitative estimate of drug-likeness (QED) is 0.920. The lowest BCUT2D eigenvalue weighted by atomic mass is 9.93. The number of piperidine rings is 1. The average molecular weight is 313 g/mol. The normalized spacial score (nSPS) is 15.9. The maximum Gasteiger partial charge on any atom is 0.251 e. The first-order valence-corrected chi connectivity index (χ1v) is 8.08. The molecule has 2 aromatic heterocycles. The molecule has 1 N–H and O–H groups in total. The number of nitrogens with one attached hydrogen (secondary N) is 1. The zero-order chi connectivity index (χ0) is 16.6. The van der Waals surface area contributed by atoms with E-state index in [1.165, 1.54) is 0 Å². The summed E-state index contributed by atoms with van der Waals surface area (Å²) < 4.78 is 0. The summed E-state index contributed by atoms with van der Waals surface area (Å²) in [6, 6.07) is 1.63. The van der Waals surface area contributed by atoms with Crippen molar-refractivity contribution >= 4 is 5.95 Å². The average Bonchev–Trinajstić information content (AvgIpc) is 2.51. The molecule has 6 nitrogen and oxygen atoms in total. The second-order valence-electron chi connectivity index (χ2n) is 6.34. The minimum Gasteiger partial charge on any atom is -0.341 e. The highest BCUT2D eigenvalue weighted by molar-refractivity contribution is 5.36. The molecule has 0 amide bonds. The molecule has 0 atom stereocenters. The minimum absolute atomic E-state index is 0.0666. The van der Waals surface area contributed by atoms with Gasteiger partial charge < -0.3 is 9.88 Å². The Labute approximate surface area is 136 Å². The van der Waals surface area contributed by atoms with E-state index in [9.17, 15) is 4.79 Å². The van der Waals surface area contributed by atoms with Crippen LogP contribution in [-0.2, 0) is 0 Å². The Hall–Kier alpha value is -2.24. The van der Waals surface area contributed by atoms with Gasteiger partial charge in [-0.2, -0.15) is 0 Å². The SMILES string of the molecule is Cc1nc(C2CCN(c3nc(C)c(C)c(C)n3)CC2)cc(=O)[nH]1. The van der Waals surface area contributed by atoms with Crippen molar-refractivity contribution in [2.24, 2.45) is 0 Å². The molecule has 0 spiro atoms. The van der Waals surface area contributed by atoms with E-state index in [2.05, 4.69) is 31.8 Å². The first kappa shape index (κ1) is 15.6. The lowest BCUT2D eigenvalue weighted by Crippen LogP contribution is -2.35. The van der Waals surface area contributed by atoms with Crippen molar-refractivity contribution in [3.05, 3.63) is 44.9 Å². The van der Waals surface area contributed by atoms with Crippen molar-refractivity contribution in [1.82, 2.24) is 19.9 Å². The molecule has 1 aliphatic heterocycles. The number of hydrogen-bond donors (Lipinski definition) is 1. The third-order valence-corrected chi connectivity index (χ3v) is 4.70. The van der Waals surface area contributed by atoms with Gasteiger partial charge in [-0.25, -0.2) is 15.0 Å². The summed E-state index contributed by atoms with van der Waals surface area (Å²) in [5.41, 5.74) is 4.08. The van der Waals surface area contributed by atoms with E-state index in [0.29, 0.717) is 11.7 Å². The van der Waals surface area contributed by atoms with Crippen molar-refractivity contribution < 1.29 is 0 Å². The number of aromatic amines is 1. The lowest BCUT2D eigenvalue weighted by Gasteiger charge is -2.32. The maximum absolute atomic E-state index is 11.6. The molecule has 0 radical (unpaired) electrons. The van der Waals surface area contributed by atoms with Crippen LogP contribution in [0, 0.1) is 27.7 Å². The van der Waals surface area contributed by atoms with Crippen LogP contribution in [0.25, 0.3) is 0 Å². The molecule has 0 aromatic carbocycles. The van der Waals surface area contributed by atoms with E-state index in [0.717, 1.165) is 54.5 Å². The summed E-state index contributed by atoms with van der Waals surface area (Å²) in [4.78, 5) is 30.3. The molecule has 0 saturated carbocycles. The molecule has 0 aliphatic carbocycles. The highest BCUT2D eigenvalue weighted by atomic mass is 16.1. The number of nitrogens with zero attached hydrogens (tertiary/aromatic N) is 4. The van der Waals surface area contributed by atoms with E-state index in [1.54, 1.807) is 6.07 Å². The van der Waals surface area contributed by atoms with E-state index < -0.39 is 0 Å². The van der Waals surface area contributed by atoms with E-state index in [-0.39, 0.29) is 5.56 Å².